The van der Waals surface area contributed by atoms with E-state index in [1.54, 1.807) is 24.2 Å². The van der Waals surface area contributed by atoms with E-state index in [0.717, 1.165) is 23.1 Å². The summed E-state index contributed by atoms with van der Waals surface area (Å²) in [7, 11) is 1.58. The second kappa shape index (κ2) is 9.37. The van der Waals surface area contributed by atoms with E-state index in [2.05, 4.69) is 20.4 Å². The Bertz CT molecular complexity index is 1320. The van der Waals surface area contributed by atoms with Crippen LogP contribution >= 0.6 is 0 Å². The first-order chi connectivity index (χ1) is 16.3. The van der Waals surface area contributed by atoms with Gasteiger partial charge in [0.15, 0.2) is 16.9 Å². The summed E-state index contributed by atoms with van der Waals surface area (Å²) in [4.78, 5) is 28.7. The van der Waals surface area contributed by atoms with Crippen LogP contribution in [0.4, 0.5) is 0 Å². The third-order valence-electron chi connectivity index (χ3n) is 6.19. The average Bonchev–Trinajstić information content (AvgIpc) is 3.05. The molecular formula is C28H31NO5. The van der Waals surface area contributed by atoms with Crippen molar-refractivity contribution in [3.05, 3.63) is 81.2 Å². The standard InChI is InChI=1S/C28H31NO5/c1-7-11-29-25(19-8-9-20(21(15-19)32-6)33-12-10-16(2)3)24-26(30)23-18(5)13-17(4)14-22(23)34-27(24)28(29)31/h7-9,13-16,25H,1,10-12H2,2-6H3. The number of benzene rings is 2. The molecule has 0 fully saturated rings. The van der Waals surface area contributed by atoms with Crippen molar-refractivity contribution in [3.8, 4) is 11.5 Å². The van der Waals surface area contributed by atoms with Gasteiger partial charge in [-0.05, 0) is 61.1 Å². The number of amides is 1. The Kier molecular flexibility index (Phi) is 6.51. The first-order valence-electron chi connectivity index (χ1n) is 11.6. The predicted octanol–water partition coefficient (Wildman–Crippen LogP) is 5.57. The van der Waals surface area contributed by atoms with E-state index in [-0.39, 0.29) is 23.6 Å². The molecule has 1 atom stereocenters. The van der Waals surface area contributed by atoms with Gasteiger partial charge in [0.25, 0.3) is 5.91 Å². The molecule has 178 valence electrons. The molecule has 0 bridgehead atoms. The van der Waals surface area contributed by atoms with E-state index in [1.165, 1.54) is 0 Å². The number of hydrogen-bond acceptors (Lipinski definition) is 5. The lowest BCUT2D eigenvalue weighted by Crippen LogP contribution is -2.29. The van der Waals surface area contributed by atoms with Crippen LogP contribution in [0.1, 0.15) is 59.1 Å². The number of carbonyl (C=O) groups is 1. The van der Waals surface area contributed by atoms with Gasteiger partial charge < -0.3 is 18.8 Å². The van der Waals surface area contributed by atoms with Crippen LogP contribution in [0.25, 0.3) is 11.0 Å². The Morgan fingerprint density at radius 1 is 1.15 bits per heavy atom. The van der Waals surface area contributed by atoms with E-state index in [1.807, 2.05) is 38.1 Å². The van der Waals surface area contributed by atoms with Gasteiger partial charge >= 0.3 is 0 Å². The summed E-state index contributed by atoms with van der Waals surface area (Å²) < 4.78 is 17.6. The number of hydrogen-bond donors (Lipinski definition) is 0. The molecule has 1 aliphatic heterocycles. The third-order valence-corrected chi connectivity index (χ3v) is 6.19. The fourth-order valence-corrected chi connectivity index (χ4v) is 4.57. The Morgan fingerprint density at radius 3 is 2.59 bits per heavy atom. The summed E-state index contributed by atoms with van der Waals surface area (Å²) in [5.41, 5.74) is 3.14. The van der Waals surface area contributed by atoms with Gasteiger partial charge in [0.2, 0.25) is 5.76 Å². The largest absolute Gasteiger partial charge is 0.493 e. The number of carbonyl (C=O) groups excluding carboxylic acids is 1. The Hall–Kier alpha value is -3.54. The number of fused-ring (bicyclic) bond motifs is 2. The van der Waals surface area contributed by atoms with E-state index >= 15 is 0 Å². The molecule has 34 heavy (non-hydrogen) atoms. The summed E-state index contributed by atoms with van der Waals surface area (Å²) in [6, 6.07) is 8.68. The van der Waals surface area contributed by atoms with Crippen molar-refractivity contribution in [1.29, 1.82) is 0 Å². The number of ether oxygens (including phenoxy) is 2. The molecule has 2 heterocycles. The second-order valence-electron chi connectivity index (χ2n) is 9.22. The van der Waals surface area contributed by atoms with Crippen molar-refractivity contribution in [3.63, 3.8) is 0 Å². The van der Waals surface area contributed by atoms with Gasteiger partial charge in [-0.25, -0.2) is 0 Å². The lowest BCUT2D eigenvalue weighted by Gasteiger charge is -2.24. The van der Waals surface area contributed by atoms with E-state index in [4.69, 9.17) is 13.9 Å². The van der Waals surface area contributed by atoms with E-state index < -0.39 is 6.04 Å². The SMILES string of the molecule is C=CCN1C(=O)c2oc3cc(C)cc(C)c3c(=O)c2C1c1ccc(OCCC(C)C)c(OC)c1. The Balaban J connectivity index is 1.86. The van der Waals surface area contributed by atoms with Crippen LogP contribution < -0.4 is 14.9 Å². The van der Waals surface area contributed by atoms with Gasteiger partial charge in [-0.2, -0.15) is 0 Å². The molecule has 6 nitrogen and oxygen atoms in total. The summed E-state index contributed by atoms with van der Waals surface area (Å²) in [6.45, 7) is 12.8. The minimum absolute atomic E-state index is 0.0885. The summed E-state index contributed by atoms with van der Waals surface area (Å²) in [5.74, 6) is 1.47. The van der Waals surface area contributed by atoms with Crippen molar-refractivity contribution in [1.82, 2.24) is 4.90 Å². The maximum absolute atomic E-state index is 13.7. The molecule has 1 amide bonds. The fourth-order valence-electron chi connectivity index (χ4n) is 4.57. The average molecular weight is 462 g/mol. The Morgan fingerprint density at radius 2 is 1.91 bits per heavy atom. The fraction of sp³-hybridized carbons (Fsp3) is 0.357. The van der Waals surface area contributed by atoms with E-state index in [0.29, 0.717) is 40.6 Å². The highest BCUT2D eigenvalue weighted by Crippen LogP contribution is 2.41. The molecule has 3 aromatic rings. The highest BCUT2D eigenvalue weighted by molar-refractivity contribution is 5.99. The monoisotopic (exact) mass is 461 g/mol. The molecule has 0 aliphatic carbocycles. The van der Waals surface area contributed by atoms with Crippen LogP contribution in [0, 0.1) is 19.8 Å². The predicted molar refractivity (Wildman–Crippen MR) is 133 cm³/mol. The summed E-state index contributed by atoms with van der Waals surface area (Å²) >= 11 is 0. The van der Waals surface area contributed by atoms with Gasteiger partial charge in [-0.15, -0.1) is 6.58 Å². The van der Waals surface area contributed by atoms with Crippen molar-refractivity contribution < 1.29 is 18.7 Å². The second-order valence-corrected chi connectivity index (χ2v) is 9.22. The molecule has 0 spiro atoms. The molecule has 0 saturated carbocycles. The highest BCUT2D eigenvalue weighted by atomic mass is 16.5. The first kappa shape index (κ1) is 23.6. The number of methoxy groups -OCH3 is 1. The molecule has 1 unspecified atom stereocenters. The van der Waals surface area contributed by atoms with Gasteiger partial charge in [-0.1, -0.05) is 32.1 Å². The molecule has 1 aromatic heterocycles. The molecular weight excluding hydrogens is 430 g/mol. The smallest absolute Gasteiger partial charge is 0.291 e. The van der Waals surface area contributed by atoms with Crippen molar-refractivity contribution >= 4 is 16.9 Å². The van der Waals surface area contributed by atoms with Crippen molar-refractivity contribution in [2.45, 2.75) is 40.2 Å². The van der Waals surface area contributed by atoms with Crippen LogP contribution in [0.5, 0.6) is 11.5 Å². The number of nitrogens with zero attached hydrogens (tertiary/aromatic N) is 1. The van der Waals surface area contributed by atoms with Crippen LogP contribution in [0.2, 0.25) is 0 Å². The Labute approximate surface area is 199 Å². The van der Waals surface area contributed by atoms with Crippen LogP contribution in [-0.2, 0) is 0 Å². The molecule has 1 aliphatic rings. The molecule has 4 rings (SSSR count). The minimum Gasteiger partial charge on any atom is -0.493 e. The highest BCUT2D eigenvalue weighted by Gasteiger charge is 2.42. The zero-order valence-electron chi connectivity index (χ0n) is 20.4. The maximum Gasteiger partial charge on any atom is 0.291 e. The van der Waals surface area contributed by atoms with Crippen molar-refractivity contribution in [2.24, 2.45) is 5.92 Å². The molecule has 6 heteroatoms. The molecule has 0 saturated heterocycles. The first-order valence-corrected chi connectivity index (χ1v) is 11.6. The summed E-state index contributed by atoms with van der Waals surface area (Å²) in [6.07, 6.45) is 2.58. The molecule has 0 radical (unpaired) electrons. The van der Waals surface area contributed by atoms with Crippen LogP contribution in [0.15, 0.2) is 52.2 Å². The summed E-state index contributed by atoms with van der Waals surface area (Å²) in [5, 5.41) is 0.503. The number of aryl methyl sites for hydroxylation is 2. The zero-order valence-corrected chi connectivity index (χ0v) is 20.4. The molecule has 2 aromatic carbocycles. The van der Waals surface area contributed by atoms with Gasteiger partial charge in [0.05, 0.1) is 30.7 Å². The topological polar surface area (TPSA) is 69.0 Å². The van der Waals surface area contributed by atoms with Crippen LogP contribution in [-0.4, -0.2) is 31.1 Å². The maximum atomic E-state index is 13.7. The third kappa shape index (κ3) is 4.09. The van der Waals surface area contributed by atoms with Gasteiger partial charge in [0, 0.05) is 6.54 Å². The lowest BCUT2D eigenvalue weighted by molar-refractivity contribution is 0.0748. The zero-order chi connectivity index (χ0) is 24.6. The van der Waals surface area contributed by atoms with Gasteiger partial charge in [0.1, 0.15) is 5.58 Å². The number of rotatable bonds is 8. The van der Waals surface area contributed by atoms with Crippen LogP contribution in [0.3, 0.4) is 0 Å². The van der Waals surface area contributed by atoms with E-state index in [9.17, 15) is 9.59 Å². The lowest BCUT2D eigenvalue weighted by atomic mass is 9.96. The van der Waals surface area contributed by atoms with Crippen molar-refractivity contribution in [2.75, 3.05) is 20.3 Å². The van der Waals surface area contributed by atoms with Gasteiger partial charge in [-0.3, -0.25) is 9.59 Å². The quantitative estimate of drug-likeness (QED) is 0.410. The minimum atomic E-state index is -0.611. The normalized spacial score (nSPS) is 15.2. The molecule has 0 N–H and O–H groups in total.